The SMILES string of the molecule is COc1ccc(OC)c(CN2CCC3(CC2)NC(=O)c2ccccc2O3)c1. The molecule has 0 bridgehead atoms. The van der Waals surface area contributed by atoms with Crippen molar-refractivity contribution in [3.05, 3.63) is 53.6 Å². The fourth-order valence-electron chi connectivity index (χ4n) is 3.80. The van der Waals surface area contributed by atoms with E-state index in [4.69, 9.17) is 14.2 Å². The molecule has 6 heteroatoms. The maximum atomic E-state index is 12.5. The van der Waals surface area contributed by atoms with Crippen LogP contribution in [0.25, 0.3) is 0 Å². The monoisotopic (exact) mass is 368 g/mol. The summed E-state index contributed by atoms with van der Waals surface area (Å²) >= 11 is 0. The Kier molecular flexibility index (Phi) is 4.66. The predicted octanol–water partition coefficient (Wildman–Crippen LogP) is 2.82. The number of carbonyl (C=O) groups excluding carboxylic acids is 1. The van der Waals surface area contributed by atoms with Crippen molar-refractivity contribution in [2.75, 3.05) is 27.3 Å². The van der Waals surface area contributed by atoms with Crippen LogP contribution in [0.5, 0.6) is 17.2 Å². The molecular weight excluding hydrogens is 344 g/mol. The molecule has 0 unspecified atom stereocenters. The van der Waals surface area contributed by atoms with Gasteiger partial charge in [-0.1, -0.05) is 12.1 Å². The molecule has 6 nitrogen and oxygen atoms in total. The average Bonchev–Trinajstić information content (AvgIpc) is 2.70. The lowest BCUT2D eigenvalue weighted by atomic mass is 9.96. The molecule has 2 aliphatic rings. The summed E-state index contributed by atoms with van der Waals surface area (Å²) in [6, 6.07) is 13.2. The smallest absolute Gasteiger partial charge is 0.258 e. The maximum absolute atomic E-state index is 12.5. The Hall–Kier alpha value is -2.73. The van der Waals surface area contributed by atoms with E-state index >= 15 is 0 Å². The Morgan fingerprint density at radius 2 is 1.89 bits per heavy atom. The second kappa shape index (κ2) is 7.12. The van der Waals surface area contributed by atoms with Gasteiger partial charge in [-0.05, 0) is 30.3 Å². The summed E-state index contributed by atoms with van der Waals surface area (Å²) in [5, 5.41) is 3.08. The summed E-state index contributed by atoms with van der Waals surface area (Å²) in [6.07, 6.45) is 1.47. The first-order valence-corrected chi connectivity index (χ1v) is 9.16. The lowest BCUT2D eigenvalue weighted by Crippen LogP contribution is -2.60. The molecule has 2 aromatic carbocycles. The van der Waals surface area contributed by atoms with Crippen molar-refractivity contribution in [3.63, 3.8) is 0 Å². The topological polar surface area (TPSA) is 60.0 Å². The molecule has 0 aliphatic carbocycles. The summed E-state index contributed by atoms with van der Waals surface area (Å²) in [7, 11) is 3.34. The number of piperidine rings is 1. The van der Waals surface area contributed by atoms with E-state index in [0.717, 1.165) is 49.5 Å². The van der Waals surface area contributed by atoms with Crippen LogP contribution >= 0.6 is 0 Å². The largest absolute Gasteiger partial charge is 0.497 e. The molecule has 1 saturated heterocycles. The number of hydrogen-bond donors (Lipinski definition) is 1. The van der Waals surface area contributed by atoms with Crippen LogP contribution < -0.4 is 19.5 Å². The van der Waals surface area contributed by atoms with Crippen LogP contribution in [0, 0.1) is 0 Å². The standard InChI is InChI=1S/C21H24N2O4/c1-25-16-7-8-18(26-2)15(13-16)14-23-11-9-21(10-12-23)22-20(24)17-5-3-4-6-19(17)27-21/h3-8,13H,9-12,14H2,1-2H3,(H,22,24). The normalized spacial score (nSPS) is 18.4. The number of amides is 1. The molecule has 142 valence electrons. The fraction of sp³-hybridized carbons (Fsp3) is 0.381. The number of ether oxygens (including phenoxy) is 3. The Bertz CT molecular complexity index is 844. The highest BCUT2D eigenvalue weighted by molar-refractivity contribution is 5.98. The van der Waals surface area contributed by atoms with Crippen molar-refractivity contribution in [2.45, 2.75) is 25.1 Å². The van der Waals surface area contributed by atoms with Crippen LogP contribution in [0.4, 0.5) is 0 Å². The van der Waals surface area contributed by atoms with Crippen molar-refractivity contribution in [1.82, 2.24) is 10.2 Å². The summed E-state index contributed by atoms with van der Waals surface area (Å²) in [6.45, 7) is 2.41. The quantitative estimate of drug-likeness (QED) is 0.899. The number of nitrogens with one attached hydrogen (secondary N) is 1. The minimum Gasteiger partial charge on any atom is -0.497 e. The number of fused-ring (bicyclic) bond motifs is 1. The van der Waals surface area contributed by atoms with E-state index in [1.165, 1.54) is 0 Å². The molecule has 0 radical (unpaired) electrons. The third-order valence-electron chi connectivity index (χ3n) is 5.32. The highest BCUT2D eigenvalue weighted by Gasteiger charge is 2.42. The first-order chi connectivity index (χ1) is 13.1. The van der Waals surface area contributed by atoms with Gasteiger partial charge in [0.2, 0.25) is 0 Å². The van der Waals surface area contributed by atoms with Crippen LogP contribution in [-0.2, 0) is 6.54 Å². The highest BCUT2D eigenvalue weighted by Crippen LogP contribution is 2.34. The minimum atomic E-state index is -0.611. The van der Waals surface area contributed by atoms with E-state index in [9.17, 15) is 4.79 Å². The maximum Gasteiger partial charge on any atom is 0.258 e. The number of likely N-dealkylation sites (tertiary alicyclic amines) is 1. The van der Waals surface area contributed by atoms with Gasteiger partial charge in [0, 0.05) is 38.0 Å². The van der Waals surface area contributed by atoms with E-state index in [1.807, 2.05) is 36.4 Å². The zero-order chi connectivity index (χ0) is 18.9. The number of nitrogens with zero attached hydrogens (tertiary/aromatic N) is 1. The van der Waals surface area contributed by atoms with Gasteiger partial charge in [0.05, 0.1) is 19.8 Å². The molecular formula is C21H24N2O4. The van der Waals surface area contributed by atoms with Crippen LogP contribution in [0.15, 0.2) is 42.5 Å². The summed E-state index contributed by atoms with van der Waals surface area (Å²) in [4.78, 5) is 14.8. The third kappa shape index (κ3) is 3.45. The summed E-state index contributed by atoms with van der Waals surface area (Å²) in [5.74, 6) is 2.29. The average molecular weight is 368 g/mol. The zero-order valence-electron chi connectivity index (χ0n) is 15.7. The Labute approximate surface area is 159 Å². The minimum absolute atomic E-state index is 0.0558. The number of benzene rings is 2. The molecule has 0 atom stereocenters. The van der Waals surface area contributed by atoms with Crippen LogP contribution in [-0.4, -0.2) is 43.8 Å². The van der Waals surface area contributed by atoms with Gasteiger partial charge in [0.15, 0.2) is 5.72 Å². The van der Waals surface area contributed by atoms with Crippen molar-refractivity contribution in [2.24, 2.45) is 0 Å². The molecule has 0 saturated carbocycles. The van der Waals surface area contributed by atoms with E-state index in [2.05, 4.69) is 10.2 Å². The number of rotatable bonds is 4. The number of carbonyl (C=O) groups is 1. The molecule has 1 fully saturated rings. The van der Waals surface area contributed by atoms with Crippen LogP contribution in [0.1, 0.15) is 28.8 Å². The Morgan fingerprint density at radius 3 is 2.63 bits per heavy atom. The Balaban J connectivity index is 1.45. The van der Waals surface area contributed by atoms with Crippen molar-refractivity contribution in [1.29, 1.82) is 0 Å². The predicted molar refractivity (Wildman–Crippen MR) is 101 cm³/mol. The van der Waals surface area contributed by atoms with E-state index in [0.29, 0.717) is 11.3 Å². The van der Waals surface area contributed by atoms with E-state index < -0.39 is 5.72 Å². The fourth-order valence-corrected chi connectivity index (χ4v) is 3.80. The van der Waals surface area contributed by atoms with Gasteiger partial charge in [-0.3, -0.25) is 9.69 Å². The Morgan fingerprint density at radius 1 is 1.11 bits per heavy atom. The first kappa shape index (κ1) is 17.7. The molecule has 27 heavy (non-hydrogen) atoms. The van der Waals surface area contributed by atoms with Crippen molar-refractivity contribution < 1.29 is 19.0 Å². The van der Waals surface area contributed by atoms with Gasteiger partial charge in [0.25, 0.3) is 5.91 Å². The molecule has 1 N–H and O–H groups in total. The van der Waals surface area contributed by atoms with E-state index in [1.54, 1.807) is 20.3 Å². The van der Waals surface area contributed by atoms with Gasteiger partial charge < -0.3 is 19.5 Å². The van der Waals surface area contributed by atoms with E-state index in [-0.39, 0.29) is 5.91 Å². The first-order valence-electron chi connectivity index (χ1n) is 9.16. The lowest BCUT2D eigenvalue weighted by Gasteiger charge is -2.44. The molecule has 1 amide bonds. The van der Waals surface area contributed by atoms with Crippen molar-refractivity contribution in [3.8, 4) is 17.2 Å². The number of hydrogen-bond acceptors (Lipinski definition) is 5. The van der Waals surface area contributed by atoms with Gasteiger partial charge >= 0.3 is 0 Å². The summed E-state index contributed by atoms with van der Waals surface area (Å²) in [5.41, 5.74) is 1.08. The zero-order valence-corrected chi connectivity index (χ0v) is 15.7. The number of methoxy groups -OCH3 is 2. The number of para-hydroxylation sites is 1. The van der Waals surface area contributed by atoms with Crippen LogP contribution in [0.2, 0.25) is 0 Å². The summed E-state index contributed by atoms with van der Waals surface area (Å²) < 4.78 is 17.0. The second-order valence-electron chi connectivity index (χ2n) is 7.00. The van der Waals surface area contributed by atoms with Gasteiger partial charge in [-0.15, -0.1) is 0 Å². The molecule has 2 aliphatic heterocycles. The second-order valence-corrected chi connectivity index (χ2v) is 7.00. The van der Waals surface area contributed by atoms with Gasteiger partial charge in [-0.25, -0.2) is 0 Å². The molecule has 0 aromatic heterocycles. The third-order valence-corrected chi connectivity index (χ3v) is 5.32. The molecule has 2 aromatic rings. The highest BCUT2D eigenvalue weighted by atomic mass is 16.5. The lowest BCUT2D eigenvalue weighted by molar-refractivity contribution is -0.0305. The van der Waals surface area contributed by atoms with Gasteiger partial charge in [0.1, 0.15) is 17.2 Å². The molecule has 2 heterocycles. The molecule has 1 spiro atoms. The van der Waals surface area contributed by atoms with Gasteiger partial charge in [-0.2, -0.15) is 0 Å². The molecule has 4 rings (SSSR count). The van der Waals surface area contributed by atoms with Crippen LogP contribution in [0.3, 0.4) is 0 Å². The van der Waals surface area contributed by atoms with Crippen molar-refractivity contribution >= 4 is 5.91 Å².